The minimum atomic E-state index is 0.418. The van der Waals surface area contributed by atoms with Crippen LogP contribution in [0.3, 0.4) is 0 Å². The van der Waals surface area contributed by atoms with Gasteiger partial charge in [-0.15, -0.1) is 0 Å². The van der Waals surface area contributed by atoms with Crippen LogP contribution in [0.4, 0.5) is 5.69 Å². The molecular weight excluding hydrogens is 238 g/mol. The minimum Gasteiger partial charge on any atom is -0.486 e. The van der Waals surface area contributed by atoms with Crippen molar-refractivity contribution < 1.29 is 4.74 Å². The van der Waals surface area contributed by atoms with Gasteiger partial charge in [0.15, 0.2) is 5.82 Å². The first-order chi connectivity index (χ1) is 9.22. The highest BCUT2D eigenvalue weighted by molar-refractivity contribution is 5.52. The molecular formula is C15H15N3O. The molecule has 19 heavy (non-hydrogen) atoms. The Balaban J connectivity index is 1.84. The summed E-state index contributed by atoms with van der Waals surface area (Å²) in [6, 6.07) is 11.8. The van der Waals surface area contributed by atoms with Gasteiger partial charge < -0.3 is 10.5 Å². The summed E-state index contributed by atoms with van der Waals surface area (Å²) in [6.45, 7) is 2.46. The van der Waals surface area contributed by atoms with E-state index in [0.717, 1.165) is 17.1 Å². The average molecular weight is 253 g/mol. The molecule has 0 saturated carbocycles. The second-order valence-corrected chi connectivity index (χ2v) is 4.54. The Morgan fingerprint density at radius 2 is 2.16 bits per heavy atom. The Morgan fingerprint density at radius 3 is 3.00 bits per heavy atom. The molecule has 0 fully saturated rings. The molecule has 0 atom stereocenters. The highest BCUT2D eigenvalue weighted by atomic mass is 16.5. The third-order valence-corrected chi connectivity index (χ3v) is 2.98. The molecule has 0 aliphatic heterocycles. The van der Waals surface area contributed by atoms with Crippen molar-refractivity contribution in [3.63, 3.8) is 0 Å². The Morgan fingerprint density at radius 1 is 1.26 bits per heavy atom. The normalized spacial score (nSPS) is 10.8. The van der Waals surface area contributed by atoms with Crippen molar-refractivity contribution in [2.45, 2.75) is 13.5 Å². The standard InChI is InChI=1S/C15H15N3O/c1-11-3-2-4-14(7-11)19-10-15-17-8-13-6-5-12(16)9-18(13)15/h2-9H,10,16H2,1H3. The van der Waals surface area contributed by atoms with Crippen molar-refractivity contribution in [3.8, 4) is 5.75 Å². The van der Waals surface area contributed by atoms with Gasteiger partial charge >= 0.3 is 0 Å². The van der Waals surface area contributed by atoms with Crippen molar-refractivity contribution >= 4 is 11.2 Å². The second-order valence-electron chi connectivity index (χ2n) is 4.54. The van der Waals surface area contributed by atoms with Crippen LogP contribution in [0.15, 0.2) is 48.8 Å². The molecule has 3 aromatic rings. The maximum Gasteiger partial charge on any atom is 0.151 e. The van der Waals surface area contributed by atoms with Gasteiger partial charge in [0.25, 0.3) is 0 Å². The Kier molecular flexibility index (Phi) is 2.83. The van der Waals surface area contributed by atoms with E-state index in [9.17, 15) is 0 Å². The zero-order chi connectivity index (χ0) is 13.2. The molecule has 0 aliphatic rings. The quantitative estimate of drug-likeness (QED) is 0.781. The van der Waals surface area contributed by atoms with E-state index in [4.69, 9.17) is 10.5 Å². The van der Waals surface area contributed by atoms with Crippen LogP contribution >= 0.6 is 0 Å². The van der Waals surface area contributed by atoms with Crippen LogP contribution in [0.25, 0.3) is 5.52 Å². The SMILES string of the molecule is Cc1cccc(OCc2ncc3ccc(N)cn23)c1. The van der Waals surface area contributed by atoms with E-state index in [-0.39, 0.29) is 0 Å². The molecule has 2 aromatic heterocycles. The van der Waals surface area contributed by atoms with E-state index in [0.29, 0.717) is 12.3 Å². The van der Waals surface area contributed by atoms with Crippen molar-refractivity contribution in [2.24, 2.45) is 0 Å². The maximum atomic E-state index is 5.79. The van der Waals surface area contributed by atoms with Crippen LogP contribution in [0.5, 0.6) is 5.75 Å². The molecule has 2 heterocycles. The second kappa shape index (κ2) is 4.65. The van der Waals surface area contributed by atoms with Crippen LogP contribution in [0.1, 0.15) is 11.4 Å². The van der Waals surface area contributed by atoms with Gasteiger partial charge in [0, 0.05) is 11.9 Å². The summed E-state index contributed by atoms with van der Waals surface area (Å²) in [5, 5.41) is 0. The third-order valence-electron chi connectivity index (χ3n) is 2.98. The predicted octanol–water partition coefficient (Wildman–Crippen LogP) is 2.80. The van der Waals surface area contributed by atoms with Crippen molar-refractivity contribution in [3.05, 3.63) is 60.2 Å². The maximum absolute atomic E-state index is 5.79. The molecule has 0 unspecified atom stereocenters. The number of nitrogens with zero attached hydrogens (tertiary/aromatic N) is 2. The number of nitrogen functional groups attached to an aromatic ring is 1. The van der Waals surface area contributed by atoms with Gasteiger partial charge in [-0.2, -0.15) is 0 Å². The van der Waals surface area contributed by atoms with Gasteiger partial charge in [-0.3, -0.25) is 4.40 Å². The zero-order valence-electron chi connectivity index (χ0n) is 10.7. The first kappa shape index (κ1) is 11.6. The number of hydrogen-bond acceptors (Lipinski definition) is 3. The van der Waals surface area contributed by atoms with Crippen LogP contribution < -0.4 is 10.5 Å². The number of aromatic nitrogens is 2. The van der Waals surface area contributed by atoms with Crippen molar-refractivity contribution in [2.75, 3.05) is 5.73 Å². The number of anilines is 1. The zero-order valence-corrected chi connectivity index (χ0v) is 10.7. The van der Waals surface area contributed by atoms with Crippen LogP contribution in [0, 0.1) is 6.92 Å². The number of hydrogen-bond donors (Lipinski definition) is 1. The largest absolute Gasteiger partial charge is 0.486 e. The van der Waals surface area contributed by atoms with Crippen molar-refractivity contribution in [1.29, 1.82) is 0 Å². The lowest BCUT2D eigenvalue weighted by atomic mass is 10.2. The summed E-state index contributed by atoms with van der Waals surface area (Å²) >= 11 is 0. The first-order valence-corrected chi connectivity index (χ1v) is 6.13. The fourth-order valence-electron chi connectivity index (χ4n) is 2.02. The minimum absolute atomic E-state index is 0.418. The highest BCUT2D eigenvalue weighted by Crippen LogP contribution is 2.16. The molecule has 96 valence electrons. The van der Waals surface area contributed by atoms with Gasteiger partial charge in [0.1, 0.15) is 12.4 Å². The summed E-state index contributed by atoms with van der Waals surface area (Å²) in [5.74, 6) is 1.68. The fraction of sp³-hybridized carbons (Fsp3) is 0.133. The van der Waals surface area contributed by atoms with E-state index >= 15 is 0 Å². The van der Waals surface area contributed by atoms with Gasteiger partial charge in [-0.1, -0.05) is 12.1 Å². The van der Waals surface area contributed by atoms with Crippen LogP contribution in [-0.2, 0) is 6.61 Å². The fourth-order valence-corrected chi connectivity index (χ4v) is 2.02. The molecule has 2 N–H and O–H groups in total. The lowest BCUT2D eigenvalue weighted by molar-refractivity contribution is 0.295. The molecule has 1 aromatic carbocycles. The van der Waals surface area contributed by atoms with E-state index in [1.807, 2.05) is 60.1 Å². The topological polar surface area (TPSA) is 52.5 Å². The number of imidazole rings is 1. The van der Waals surface area contributed by atoms with E-state index < -0.39 is 0 Å². The number of aryl methyl sites for hydroxylation is 1. The van der Waals surface area contributed by atoms with Gasteiger partial charge in [-0.05, 0) is 36.8 Å². The molecule has 0 aliphatic carbocycles. The summed E-state index contributed by atoms with van der Waals surface area (Å²) in [6.07, 6.45) is 3.67. The lowest BCUT2D eigenvalue weighted by Crippen LogP contribution is -2.02. The van der Waals surface area contributed by atoms with Gasteiger partial charge in [0.2, 0.25) is 0 Å². The molecule has 4 nitrogen and oxygen atoms in total. The van der Waals surface area contributed by atoms with E-state index in [1.54, 1.807) is 0 Å². The molecule has 0 amide bonds. The molecule has 0 saturated heterocycles. The van der Waals surface area contributed by atoms with Crippen LogP contribution in [-0.4, -0.2) is 9.38 Å². The van der Waals surface area contributed by atoms with Crippen molar-refractivity contribution in [1.82, 2.24) is 9.38 Å². The van der Waals surface area contributed by atoms with E-state index in [2.05, 4.69) is 4.98 Å². The predicted molar refractivity (Wildman–Crippen MR) is 75.1 cm³/mol. The van der Waals surface area contributed by atoms with Gasteiger partial charge in [-0.25, -0.2) is 4.98 Å². The lowest BCUT2D eigenvalue weighted by Gasteiger charge is -2.06. The number of nitrogens with two attached hydrogens (primary N) is 1. The number of rotatable bonds is 3. The summed E-state index contributed by atoms with van der Waals surface area (Å²) < 4.78 is 7.70. The molecule has 0 radical (unpaired) electrons. The number of ether oxygens (including phenoxy) is 1. The smallest absolute Gasteiger partial charge is 0.151 e. The number of benzene rings is 1. The van der Waals surface area contributed by atoms with Crippen LogP contribution in [0.2, 0.25) is 0 Å². The molecule has 0 bridgehead atoms. The van der Waals surface area contributed by atoms with E-state index in [1.165, 1.54) is 5.56 Å². The Bertz CT molecular complexity index is 718. The molecule has 3 rings (SSSR count). The summed E-state index contributed by atoms with van der Waals surface area (Å²) in [4.78, 5) is 4.36. The molecule has 4 heteroatoms. The van der Waals surface area contributed by atoms with Gasteiger partial charge in [0.05, 0.1) is 11.7 Å². The monoisotopic (exact) mass is 253 g/mol. The summed E-state index contributed by atoms with van der Waals surface area (Å²) in [7, 11) is 0. The highest BCUT2D eigenvalue weighted by Gasteiger charge is 2.04. The third kappa shape index (κ3) is 2.38. The Labute approximate surface area is 111 Å². The molecule has 0 spiro atoms. The Hall–Kier alpha value is -2.49. The number of fused-ring (bicyclic) bond motifs is 1. The number of pyridine rings is 1. The first-order valence-electron chi connectivity index (χ1n) is 6.13. The average Bonchev–Trinajstić information content (AvgIpc) is 2.79. The summed E-state index contributed by atoms with van der Waals surface area (Å²) in [5.41, 5.74) is 8.69.